The molecule has 0 saturated carbocycles. The summed E-state index contributed by atoms with van der Waals surface area (Å²) in [7, 11) is 0. The average Bonchev–Trinajstić information content (AvgIpc) is 2.54. The molecule has 0 N–H and O–H groups in total. The number of carbonyl (C=O) groups excluding carboxylic acids is 1. The van der Waals surface area contributed by atoms with E-state index in [4.69, 9.17) is 9.47 Å². The summed E-state index contributed by atoms with van der Waals surface area (Å²) in [4.78, 5) is 18.7. The number of benzene rings is 1. The molecule has 108 valence electrons. The minimum atomic E-state index is -0.123. The number of ether oxygens (including phenoxy) is 2. The van der Waals surface area contributed by atoms with Gasteiger partial charge in [-0.05, 0) is 31.2 Å². The summed E-state index contributed by atoms with van der Waals surface area (Å²) in [5.41, 5.74) is 1.25. The fraction of sp³-hybridized carbons (Fsp3) is 0.250. The van der Waals surface area contributed by atoms with Crippen molar-refractivity contribution in [3.05, 3.63) is 48.2 Å². The highest BCUT2D eigenvalue weighted by Crippen LogP contribution is 2.32. The van der Waals surface area contributed by atoms with Gasteiger partial charge in [-0.1, -0.05) is 12.1 Å². The van der Waals surface area contributed by atoms with Crippen molar-refractivity contribution in [3.8, 4) is 11.6 Å². The molecule has 1 aliphatic heterocycles. The number of aromatic nitrogens is 1. The van der Waals surface area contributed by atoms with Crippen molar-refractivity contribution in [2.75, 3.05) is 24.7 Å². The summed E-state index contributed by atoms with van der Waals surface area (Å²) >= 11 is 0. The third-order valence-electron chi connectivity index (χ3n) is 3.26. The molecule has 0 radical (unpaired) electrons. The van der Waals surface area contributed by atoms with Gasteiger partial charge >= 0.3 is 0 Å². The Morgan fingerprint density at radius 2 is 2.19 bits per heavy atom. The zero-order valence-corrected chi connectivity index (χ0v) is 11.8. The summed E-state index contributed by atoms with van der Waals surface area (Å²) in [5.74, 6) is 0.968. The normalized spacial score (nSPS) is 13.3. The van der Waals surface area contributed by atoms with Crippen LogP contribution >= 0.6 is 0 Å². The largest absolute Gasteiger partial charge is 0.490 e. The Bertz CT molecular complexity index is 657. The summed E-state index contributed by atoms with van der Waals surface area (Å²) in [6.45, 7) is 3.33. The van der Waals surface area contributed by atoms with Crippen molar-refractivity contribution in [2.45, 2.75) is 6.92 Å². The van der Waals surface area contributed by atoms with Gasteiger partial charge in [0.15, 0.2) is 0 Å². The molecular weight excluding hydrogens is 268 g/mol. The lowest BCUT2D eigenvalue weighted by molar-refractivity contribution is 0.0972. The van der Waals surface area contributed by atoms with Gasteiger partial charge in [-0.3, -0.25) is 4.79 Å². The van der Waals surface area contributed by atoms with Gasteiger partial charge in [0.2, 0.25) is 5.88 Å². The van der Waals surface area contributed by atoms with Crippen molar-refractivity contribution >= 4 is 11.6 Å². The van der Waals surface area contributed by atoms with E-state index in [1.165, 1.54) is 0 Å². The maximum atomic E-state index is 12.8. The summed E-state index contributed by atoms with van der Waals surface area (Å²) in [6.07, 6.45) is 1.62. The van der Waals surface area contributed by atoms with Crippen LogP contribution in [0, 0.1) is 0 Å². The van der Waals surface area contributed by atoms with E-state index >= 15 is 0 Å². The van der Waals surface area contributed by atoms with Crippen LogP contribution in [0.15, 0.2) is 42.6 Å². The first-order chi connectivity index (χ1) is 10.3. The molecule has 5 heteroatoms. The quantitative estimate of drug-likeness (QED) is 0.869. The van der Waals surface area contributed by atoms with Crippen molar-refractivity contribution in [2.24, 2.45) is 0 Å². The second-order valence-electron chi connectivity index (χ2n) is 4.56. The second-order valence-corrected chi connectivity index (χ2v) is 4.56. The summed E-state index contributed by atoms with van der Waals surface area (Å²) in [6, 6.07) is 11.0. The molecule has 21 heavy (non-hydrogen) atoms. The van der Waals surface area contributed by atoms with Gasteiger partial charge in [0.05, 0.1) is 18.8 Å². The van der Waals surface area contributed by atoms with Crippen LogP contribution in [-0.4, -0.2) is 30.6 Å². The van der Waals surface area contributed by atoms with E-state index in [1.807, 2.05) is 31.2 Å². The SMILES string of the molecule is CCOc1ncccc1C(=O)N1CCOc2ccccc21. The van der Waals surface area contributed by atoms with E-state index in [2.05, 4.69) is 4.98 Å². The van der Waals surface area contributed by atoms with Gasteiger partial charge in [0, 0.05) is 6.20 Å². The predicted molar refractivity (Wildman–Crippen MR) is 79.0 cm³/mol. The Labute approximate surface area is 123 Å². The van der Waals surface area contributed by atoms with Crippen LogP contribution in [0.25, 0.3) is 0 Å². The molecule has 1 amide bonds. The number of pyridine rings is 1. The predicted octanol–water partition coefficient (Wildman–Crippen LogP) is 2.52. The van der Waals surface area contributed by atoms with Crippen LogP contribution in [0.5, 0.6) is 11.6 Å². The van der Waals surface area contributed by atoms with Gasteiger partial charge < -0.3 is 14.4 Å². The molecule has 0 atom stereocenters. The Balaban J connectivity index is 1.97. The molecule has 5 nitrogen and oxygen atoms in total. The van der Waals surface area contributed by atoms with E-state index in [9.17, 15) is 4.79 Å². The standard InChI is InChI=1S/C16H16N2O3/c1-2-20-15-12(6-5-9-17-15)16(19)18-10-11-21-14-8-4-3-7-13(14)18/h3-9H,2,10-11H2,1H3. The van der Waals surface area contributed by atoms with Gasteiger partial charge in [0.25, 0.3) is 5.91 Å². The van der Waals surface area contributed by atoms with Crippen LogP contribution in [0.4, 0.5) is 5.69 Å². The monoisotopic (exact) mass is 284 g/mol. The summed E-state index contributed by atoms with van der Waals surface area (Å²) in [5, 5.41) is 0. The number of amides is 1. The Morgan fingerprint density at radius 1 is 1.33 bits per heavy atom. The number of para-hydroxylation sites is 2. The van der Waals surface area contributed by atoms with E-state index < -0.39 is 0 Å². The molecule has 0 spiro atoms. The molecular formula is C16H16N2O3. The number of hydrogen-bond acceptors (Lipinski definition) is 4. The zero-order chi connectivity index (χ0) is 14.7. The fourth-order valence-corrected chi connectivity index (χ4v) is 2.33. The maximum absolute atomic E-state index is 12.8. The average molecular weight is 284 g/mol. The molecule has 0 bridgehead atoms. The van der Waals surface area contributed by atoms with Gasteiger partial charge in [-0.2, -0.15) is 0 Å². The zero-order valence-electron chi connectivity index (χ0n) is 11.8. The highest BCUT2D eigenvalue weighted by atomic mass is 16.5. The molecule has 1 aliphatic rings. The number of nitrogens with zero attached hydrogens (tertiary/aromatic N) is 2. The van der Waals surface area contributed by atoms with Crippen molar-refractivity contribution in [1.29, 1.82) is 0 Å². The van der Waals surface area contributed by atoms with Crippen LogP contribution in [0.2, 0.25) is 0 Å². The molecule has 0 fully saturated rings. The van der Waals surface area contributed by atoms with Crippen LogP contribution in [-0.2, 0) is 0 Å². The van der Waals surface area contributed by atoms with Crippen molar-refractivity contribution in [1.82, 2.24) is 4.98 Å². The second kappa shape index (κ2) is 5.83. The van der Waals surface area contributed by atoms with E-state index in [0.717, 1.165) is 11.4 Å². The Hall–Kier alpha value is -2.56. The minimum absolute atomic E-state index is 0.123. The van der Waals surface area contributed by atoms with E-state index in [0.29, 0.717) is 31.2 Å². The first kappa shape index (κ1) is 13.4. The molecule has 2 heterocycles. The van der Waals surface area contributed by atoms with Crippen LogP contribution in [0.3, 0.4) is 0 Å². The molecule has 3 rings (SSSR count). The Morgan fingerprint density at radius 3 is 3.05 bits per heavy atom. The molecule has 2 aromatic rings. The number of hydrogen-bond donors (Lipinski definition) is 0. The molecule has 1 aromatic carbocycles. The first-order valence-corrected chi connectivity index (χ1v) is 6.92. The van der Waals surface area contributed by atoms with Gasteiger partial charge in [-0.15, -0.1) is 0 Å². The Kier molecular flexibility index (Phi) is 3.73. The lowest BCUT2D eigenvalue weighted by Crippen LogP contribution is -2.38. The van der Waals surface area contributed by atoms with Crippen molar-refractivity contribution < 1.29 is 14.3 Å². The fourth-order valence-electron chi connectivity index (χ4n) is 2.33. The smallest absolute Gasteiger partial charge is 0.263 e. The van der Waals surface area contributed by atoms with Crippen LogP contribution < -0.4 is 14.4 Å². The third-order valence-corrected chi connectivity index (χ3v) is 3.26. The van der Waals surface area contributed by atoms with E-state index in [-0.39, 0.29) is 5.91 Å². The molecule has 0 unspecified atom stereocenters. The number of rotatable bonds is 3. The first-order valence-electron chi connectivity index (χ1n) is 6.92. The lowest BCUT2D eigenvalue weighted by atomic mass is 10.2. The lowest BCUT2D eigenvalue weighted by Gasteiger charge is -2.29. The molecule has 1 aromatic heterocycles. The number of fused-ring (bicyclic) bond motifs is 1. The summed E-state index contributed by atoms with van der Waals surface area (Å²) < 4.78 is 11.0. The minimum Gasteiger partial charge on any atom is -0.490 e. The molecule has 0 saturated heterocycles. The maximum Gasteiger partial charge on any atom is 0.263 e. The third kappa shape index (κ3) is 2.54. The van der Waals surface area contributed by atoms with Gasteiger partial charge in [0.1, 0.15) is 17.9 Å². The van der Waals surface area contributed by atoms with Gasteiger partial charge in [-0.25, -0.2) is 4.98 Å². The highest BCUT2D eigenvalue weighted by Gasteiger charge is 2.26. The number of carbonyl (C=O) groups is 1. The highest BCUT2D eigenvalue weighted by molar-refractivity contribution is 6.08. The number of anilines is 1. The van der Waals surface area contributed by atoms with Crippen LogP contribution in [0.1, 0.15) is 17.3 Å². The topological polar surface area (TPSA) is 51.7 Å². The molecule has 0 aliphatic carbocycles. The van der Waals surface area contributed by atoms with E-state index in [1.54, 1.807) is 23.2 Å². The van der Waals surface area contributed by atoms with Crippen molar-refractivity contribution in [3.63, 3.8) is 0 Å².